The number of carbonyl (C=O) groups is 2. The highest BCUT2D eigenvalue weighted by Gasteiger charge is 2.27. The number of alkyl halides is 1. The summed E-state index contributed by atoms with van der Waals surface area (Å²) in [6.07, 6.45) is 5.80. The third-order valence-corrected chi connectivity index (χ3v) is 2.39. The summed E-state index contributed by atoms with van der Waals surface area (Å²) in [5, 5.41) is 9.43. The molecule has 84 valence electrons. The Kier molecular flexibility index (Phi) is 4.93. The Balaban J connectivity index is 2.65. The highest BCUT2D eigenvalue weighted by atomic mass is 79.9. The van der Waals surface area contributed by atoms with Gasteiger partial charge in [0.15, 0.2) is 11.7 Å². The van der Waals surface area contributed by atoms with Gasteiger partial charge in [-0.05, 0) is 12.2 Å². The van der Waals surface area contributed by atoms with Crippen molar-refractivity contribution in [1.82, 2.24) is 0 Å². The maximum atomic E-state index is 11.5. The molecule has 0 radical (unpaired) electrons. The van der Waals surface area contributed by atoms with Gasteiger partial charge in [0.1, 0.15) is 6.61 Å². The van der Waals surface area contributed by atoms with Crippen molar-refractivity contribution in [3.63, 3.8) is 0 Å². The number of halogens is 1. The van der Waals surface area contributed by atoms with Crippen molar-refractivity contribution in [2.45, 2.75) is 0 Å². The molecule has 0 aromatic heterocycles. The third-order valence-electron chi connectivity index (χ3n) is 2.06. The van der Waals surface area contributed by atoms with E-state index >= 15 is 0 Å². The lowest BCUT2D eigenvalue weighted by atomic mass is 9.90. The molecule has 0 N–H and O–H groups in total. The molecule has 4 nitrogen and oxygen atoms in total. The predicted octanol–water partition coefficient (Wildman–Crippen LogP) is 1.38. The summed E-state index contributed by atoms with van der Waals surface area (Å²) in [5.41, 5.74) is 0. The van der Waals surface area contributed by atoms with Gasteiger partial charge in [0.2, 0.25) is 0 Å². The minimum Gasteiger partial charge on any atom is -0.464 e. The number of nitriles is 1. The van der Waals surface area contributed by atoms with Crippen LogP contribution in [0.4, 0.5) is 0 Å². The summed E-state index contributed by atoms with van der Waals surface area (Å²) in [6.45, 7) is 0.232. The second-order valence-electron chi connectivity index (χ2n) is 3.16. The lowest BCUT2D eigenvalue weighted by Crippen LogP contribution is -2.24. The highest BCUT2D eigenvalue weighted by Crippen LogP contribution is 2.19. The lowest BCUT2D eigenvalue weighted by Gasteiger charge is -2.15. The molecule has 0 saturated heterocycles. The van der Waals surface area contributed by atoms with Gasteiger partial charge in [0, 0.05) is 11.2 Å². The fourth-order valence-electron chi connectivity index (χ4n) is 1.28. The first-order valence-corrected chi connectivity index (χ1v) is 5.83. The minimum atomic E-state index is -0.889. The predicted molar refractivity (Wildman–Crippen MR) is 60.6 cm³/mol. The van der Waals surface area contributed by atoms with Crippen LogP contribution < -0.4 is 0 Å². The van der Waals surface area contributed by atoms with Gasteiger partial charge in [0.25, 0.3) is 0 Å². The van der Waals surface area contributed by atoms with Crippen molar-refractivity contribution in [2.75, 3.05) is 11.9 Å². The van der Waals surface area contributed by atoms with Gasteiger partial charge in [-0.2, -0.15) is 5.26 Å². The van der Waals surface area contributed by atoms with Gasteiger partial charge >= 0.3 is 5.97 Å². The van der Waals surface area contributed by atoms with E-state index in [0.717, 1.165) is 0 Å². The second-order valence-corrected chi connectivity index (χ2v) is 3.95. The van der Waals surface area contributed by atoms with E-state index in [2.05, 4.69) is 15.9 Å². The molecule has 1 aliphatic rings. The van der Waals surface area contributed by atoms with E-state index in [1.807, 2.05) is 6.07 Å². The van der Waals surface area contributed by atoms with E-state index in [9.17, 15) is 9.59 Å². The molecule has 1 unspecified atom stereocenters. The van der Waals surface area contributed by atoms with Crippen LogP contribution >= 0.6 is 15.9 Å². The largest absolute Gasteiger partial charge is 0.464 e. The Morgan fingerprint density at radius 1 is 1.56 bits per heavy atom. The minimum absolute atomic E-state index is 0.137. The van der Waals surface area contributed by atoms with Crippen molar-refractivity contribution in [2.24, 2.45) is 11.8 Å². The summed E-state index contributed by atoms with van der Waals surface area (Å²) in [4.78, 5) is 22.4. The van der Waals surface area contributed by atoms with Crippen LogP contribution in [0.5, 0.6) is 0 Å². The topological polar surface area (TPSA) is 67.2 Å². The first-order valence-electron chi connectivity index (χ1n) is 4.71. The average Bonchev–Trinajstić information content (AvgIpc) is 2.30. The Bertz CT molecular complexity index is 365. The number of ether oxygens (including phenoxy) is 1. The van der Waals surface area contributed by atoms with Crippen LogP contribution in [0.1, 0.15) is 0 Å². The van der Waals surface area contributed by atoms with Crippen molar-refractivity contribution in [3.8, 4) is 6.07 Å². The van der Waals surface area contributed by atoms with E-state index in [0.29, 0.717) is 5.33 Å². The number of nitrogens with zero attached hydrogens (tertiary/aromatic N) is 1. The Labute approximate surface area is 102 Å². The van der Waals surface area contributed by atoms with Crippen molar-refractivity contribution in [3.05, 3.63) is 24.3 Å². The summed E-state index contributed by atoms with van der Waals surface area (Å²) >= 11 is 3.12. The van der Waals surface area contributed by atoms with Crippen molar-refractivity contribution in [1.29, 1.82) is 5.26 Å². The fraction of sp³-hybridized carbons (Fsp3) is 0.364. The quantitative estimate of drug-likeness (QED) is 0.577. The van der Waals surface area contributed by atoms with Gasteiger partial charge in [-0.1, -0.05) is 28.1 Å². The number of esters is 1. The molecule has 0 aromatic carbocycles. The van der Waals surface area contributed by atoms with E-state index in [4.69, 9.17) is 10.00 Å². The number of allylic oxidation sites excluding steroid dienone is 4. The lowest BCUT2D eigenvalue weighted by molar-refractivity contribution is -0.146. The maximum absolute atomic E-state index is 11.5. The molecule has 1 aliphatic carbocycles. The highest BCUT2D eigenvalue weighted by molar-refractivity contribution is 9.09. The van der Waals surface area contributed by atoms with Crippen LogP contribution in [0.3, 0.4) is 0 Å². The molecular formula is C11H10BrNO3. The zero-order chi connectivity index (χ0) is 12.0. The normalized spacial score (nSPS) is 16.9. The Morgan fingerprint density at radius 2 is 2.19 bits per heavy atom. The van der Waals surface area contributed by atoms with E-state index < -0.39 is 11.9 Å². The molecule has 16 heavy (non-hydrogen) atoms. The van der Waals surface area contributed by atoms with E-state index in [1.165, 1.54) is 12.2 Å². The molecule has 0 amide bonds. The second kappa shape index (κ2) is 6.23. The molecule has 0 aliphatic heterocycles. The van der Waals surface area contributed by atoms with Crippen LogP contribution in [-0.4, -0.2) is 23.7 Å². The molecule has 0 aromatic rings. The molecule has 0 heterocycles. The average molecular weight is 284 g/mol. The molecular weight excluding hydrogens is 274 g/mol. The van der Waals surface area contributed by atoms with Gasteiger partial charge in [0.05, 0.1) is 6.07 Å². The zero-order valence-corrected chi connectivity index (χ0v) is 10.0. The van der Waals surface area contributed by atoms with Crippen LogP contribution in [0.15, 0.2) is 24.3 Å². The molecule has 0 fully saturated rings. The van der Waals surface area contributed by atoms with E-state index in [-0.39, 0.29) is 18.3 Å². The molecule has 1 rings (SSSR count). The number of hydrogen-bond acceptors (Lipinski definition) is 4. The van der Waals surface area contributed by atoms with Crippen LogP contribution in [0.2, 0.25) is 0 Å². The van der Waals surface area contributed by atoms with E-state index in [1.54, 1.807) is 12.2 Å². The summed E-state index contributed by atoms with van der Waals surface area (Å²) in [7, 11) is 0. The Hall–Kier alpha value is -1.41. The fourth-order valence-corrected chi connectivity index (χ4v) is 1.44. The molecule has 0 spiro atoms. The number of rotatable bonds is 4. The molecule has 1 atom stereocenters. The monoisotopic (exact) mass is 283 g/mol. The van der Waals surface area contributed by atoms with Crippen molar-refractivity contribution < 1.29 is 14.3 Å². The standard InChI is InChI=1S/C11H10BrNO3/c12-5-6-16-11(15)10(7-13)8-1-3-9(14)4-2-8/h1-4,8,10H,5-6H2. The zero-order valence-electron chi connectivity index (χ0n) is 8.43. The summed E-state index contributed by atoms with van der Waals surface area (Å²) in [5.74, 6) is -1.97. The van der Waals surface area contributed by atoms with Gasteiger partial charge in [-0.15, -0.1) is 0 Å². The molecule has 0 bridgehead atoms. The van der Waals surface area contributed by atoms with Crippen LogP contribution in [0, 0.1) is 23.2 Å². The van der Waals surface area contributed by atoms with Gasteiger partial charge < -0.3 is 4.74 Å². The van der Waals surface area contributed by atoms with Crippen LogP contribution in [-0.2, 0) is 14.3 Å². The molecule has 0 saturated carbocycles. The van der Waals surface area contributed by atoms with Crippen molar-refractivity contribution >= 4 is 27.7 Å². The SMILES string of the molecule is N#CC(C(=O)OCCBr)C1C=CC(=O)C=C1. The Morgan fingerprint density at radius 3 is 2.69 bits per heavy atom. The maximum Gasteiger partial charge on any atom is 0.324 e. The summed E-state index contributed by atoms with van der Waals surface area (Å²) in [6, 6.07) is 1.89. The first kappa shape index (κ1) is 12.7. The smallest absolute Gasteiger partial charge is 0.324 e. The summed E-state index contributed by atoms with van der Waals surface area (Å²) < 4.78 is 4.86. The van der Waals surface area contributed by atoms with Gasteiger partial charge in [-0.3, -0.25) is 9.59 Å². The number of ketones is 1. The number of hydrogen-bond donors (Lipinski definition) is 0. The molecule has 5 heteroatoms. The number of carbonyl (C=O) groups excluding carboxylic acids is 2. The van der Waals surface area contributed by atoms with Gasteiger partial charge in [-0.25, -0.2) is 0 Å². The third kappa shape index (κ3) is 3.31. The van der Waals surface area contributed by atoms with Crippen LogP contribution in [0.25, 0.3) is 0 Å². The first-order chi connectivity index (χ1) is 7.69.